The molecule has 0 fully saturated rings. The van der Waals surface area contributed by atoms with Gasteiger partial charge in [0.2, 0.25) is 0 Å². The normalized spacial score (nSPS) is 11.3. The number of anilines is 1. The molecule has 0 aliphatic carbocycles. The number of nitrogen functional groups attached to an aromatic ring is 1. The van der Waals surface area contributed by atoms with Gasteiger partial charge in [0.1, 0.15) is 5.69 Å². The number of hydrogen-bond donors (Lipinski definition) is 1. The summed E-state index contributed by atoms with van der Waals surface area (Å²) in [7, 11) is 0. The predicted molar refractivity (Wildman–Crippen MR) is 63.0 cm³/mol. The molecule has 0 aliphatic rings. The smallest absolute Gasteiger partial charge is 0.290 e. The number of nitrogens with zero attached hydrogens (tertiary/aromatic N) is 2. The summed E-state index contributed by atoms with van der Waals surface area (Å²) in [5, 5.41) is 0. The Morgan fingerprint density at radius 3 is 2.40 bits per heavy atom. The molecular formula is C11H21N3O. The van der Waals surface area contributed by atoms with E-state index in [0.29, 0.717) is 11.6 Å². The standard InChI is InChI=1S/C11H21N3O/c1-5-13-9(4)10(12)11(15)14(13)7-6-8(2)3/h8H,5-7,12H2,1-4H3. The Hall–Kier alpha value is -1.19. The molecule has 2 N–H and O–H groups in total. The monoisotopic (exact) mass is 211 g/mol. The highest BCUT2D eigenvalue weighted by molar-refractivity contribution is 5.40. The molecule has 0 saturated carbocycles. The number of rotatable bonds is 4. The van der Waals surface area contributed by atoms with Gasteiger partial charge in [-0.3, -0.25) is 9.48 Å². The first-order valence-corrected chi connectivity index (χ1v) is 5.54. The van der Waals surface area contributed by atoms with Crippen molar-refractivity contribution in [2.45, 2.75) is 47.2 Å². The number of nitrogens with two attached hydrogens (primary N) is 1. The van der Waals surface area contributed by atoms with Gasteiger partial charge in [-0.25, -0.2) is 4.68 Å². The zero-order valence-corrected chi connectivity index (χ0v) is 10.1. The van der Waals surface area contributed by atoms with E-state index in [1.165, 1.54) is 0 Å². The number of hydrogen-bond acceptors (Lipinski definition) is 2. The van der Waals surface area contributed by atoms with Crippen molar-refractivity contribution in [3.8, 4) is 0 Å². The molecule has 0 bridgehead atoms. The second-order valence-corrected chi connectivity index (χ2v) is 4.33. The molecule has 15 heavy (non-hydrogen) atoms. The van der Waals surface area contributed by atoms with Crippen LogP contribution in [0.2, 0.25) is 0 Å². The van der Waals surface area contributed by atoms with Gasteiger partial charge < -0.3 is 5.73 Å². The Kier molecular flexibility index (Phi) is 3.61. The summed E-state index contributed by atoms with van der Waals surface area (Å²) in [6.07, 6.45) is 1.00. The summed E-state index contributed by atoms with van der Waals surface area (Å²) < 4.78 is 3.71. The summed E-state index contributed by atoms with van der Waals surface area (Å²) in [5.74, 6) is 0.596. The molecule has 0 atom stereocenters. The van der Waals surface area contributed by atoms with Gasteiger partial charge in [-0.05, 0) is 26.2 Å². The van der Waals surface area contributed by atoms with Gasteiger partial charge in [0.15, 0.2) is 0 Å². The topological polar surface area (TPSA) is 52.9 Å². The van der Waals surface area contributed by atoms with Crippen LogP contribution in [0.15, 0.2) is 4.79 Å². The van der Waals surface area contributed by atoms with E-state index < -0.39 is 0 Å². The van der Waals surface area contributed by atoms with E-state index in [1.54, 1.807) is 4.68 Å². The second kappa shape index (κ2) is 4.55. The molecular weight excluding hydrogens is 190 g/mol. The molecule has 0 saturated heterocycles. The quantitative estimate of drug-likeness (QED) is 0.822. The van der Waals surface area contributed by atoms with Crippen molar-refractivity contribution in [3.63, 3.8) is 0 Å². The molecule has 0 spiro atoms. The van der Waals surface area contributed by atoms with Crippen molar-refractivity contribution < 1.29 is 0 Å². The lowest BCUT2D eigenvalue weighted by Gasteiger charge is -2.12. The van der Waals surface area contributed by atoms with Gasteiger partial charge in [-0.1, -0.05) is 13.8 Å². The molecule has 86 valence electrons. The molecule has 1 aromatic heterocycles. The fraction of sp³-hybridized carbons (Fsp3) is 0.727. The first-order valence-electron chi connectivity index (χ1n) is 5.54. The Morgan fingerprint density at radius 1 is 1.33 bits per heavy atom. The van der Waals surface area contributed by atoms with Crippen LogP contribution in [0.4, 0.5) is 5.69 Å². The maximum Gasteiger partial charge on any atom is 0.290 e. The minimum Gasteiger partial charge on any atom is -0.393 e. The van der Waals surface area contributed by atoms with Gasteiger partial charge >= 0.3 is 0 Å². The summed E-state index contributed by atoms with van der Waals surface area (Å²) in [6, 6.07) is 0. The third-order valence-electron chi connectivity index (χ3n) is 2.75. The predicted octanol–water partition coefficient (Wildman–Crippen LogP) is 1.61. The summed E-state index contributed by atoms with van der Waals surface area (Å²) in [5.41, 5.74) is 6.96. The number of aromatic nitrogens is 2. The van der Waals surface area contributed by atoms with Crippen molar-refractivity contribution >= 4 is 5.69 Å². The zero-order chi connectivity index (χ0) is 11.6. The van der Waals surface area contributed by atoms with Gasteiger partial charge in [-0.2, -0.15) is 0 Å². The van der Waals surface area contributed by atoms with E-state index in [0.717, 1.165) is 25.2 Å². The molecule has 0 unspecified atom stereocenters. The fourth-order valence-corrected chi connectivity index (χ4v) is 1.73. The highest BCUT2D eigenvalue weighted by atomic mass is 16.1. The van der Waals surface area contributed by atoms with E-state index in [1.807, 2.05) is 18.5 Å². The maximum atomic E-state index is 11.8. The molecule has 1 heterocycles. The third kappa shape index (κ3) is 2.25. The van der Waals surface area contributed by atoms with Gasteiger partial charge in [0.05, 0.1) is 5.69 Å². The van der Waals surface area contributed by atoms with Crippen LogP contribution in [0, 0.1) is 12.8 Å². The Morgan fingerprint density at radius 2 is 1.93 bits per heavy atom. The Bertz CT molecular complexity index is 387. The molecule has 1 aromatic rings. The first-order chi connectivity index (χ1) is 6.99. The summed E-state index contributed by atoms with van der Waals surface area (Å²) in [6.45, 7) is 9.77. The van der Waals surface area contributed by atoms with Gasteiger partial charge in [-0.15, -0.1) is 0 Å². The van der Waals surface area contributed by atoms with E-state index in [9.17, 15) is 4.79 Å². The van der Waals surface area contributed by atoms with Crippen LogP contribution in [0.5, 0.6) is 0 Å². The van der Waals surface area contributed by atoms with E-state index >= 15 is 0 Å². The summed E-state index contributed by atoms with van der Waals surface area (Å²) >= 11 is 0. The highest BCUT2D eigenvalue weighted by Crippen LogP contribution is 2.08. The SMILES string of the molecule is CCn1c(C)c(N)c(=O)n1CCC(C)C. The average molecular weight is 211 g/mol. The van der Waals surface area contributed by atoms with E-state index in [-0.39, 0.29) is 5.56 Å². The van der Waals surface area contributed by atoms with Crippen molar-refractivity contribution in [1.82, 2.24) is 9.36 Å². The molecule has 4 nitrogen and oxygen atoms in total. The minimum absolute atomic E-state index is 0.0463. The molecule has 0 radical (unpaired) electrons. The van der Waals surface area contributed by atoms with Crippen LogP contribution in [0.1, 0.15) is 32.9 Å². The van der Waals surface area contributed by atoms with Crippen molar-refractivity contribution in [3.05, 3.63) is 16.0 Å². The highest BCUT2D eigenvalue weighted by Gasteiger charge is 2.12. The molecule has 0 amide bonds. The van der Waals surface area contributed by atoms with Crippen molar-refractivity contribution in [1.29, 1.82) is 0 Å². The molecule has 0 aromatic carbocycles. The van der Waals surface area contributed by atoms with Gasteiger partial charge in [0, 0.05) is 13.1 Å². The Balaban J connectivity index is 3.05. The Labute approximate surface area is 90.7 Å². The summed E-state index contributed by atoms with van der Waals surface area (Å²) in [4.78, 5) is 11.8. The molecule has 1 rings (SSSR count). The van der Waals surface area contributed by atoms with Crippen LogP contribution >= 0.6 is 0 Å². The van der Waals surface area contributed by atoms with Gasteiger partial charge in [0.25, 0.3) is 5.56 Å². The first kappa shape index (κ1) is 11.9. The van der Waals surface area contributed by atoms with Crippen molar-refractivity contribution in [2.24, 2.45) is 5.92 Å². The van der Waals surface area contributed by atoms with Crippen molar-refractivity contribution in [2.75, 3.05) is 5.73 Å². The van der Waals surface area contributed by atoms with Crippen LogP contribution in [0.25, 0.3) is 0 Å². The lowest BCUT2D eigenvalue weighted by atomic mass is 10.1. The second-order valence-electron chi connectivity index (χ2n) is 4.33. The lowest BCUT2D eigenvalue weighted by Crippen LogP contribution is -2.24. The van der Waals surface area contributed by atoms with Crippen LogP contribution < -0.4 is 11.3 Å². The van der Waals surface area contributed by atoms with E-state index in [2.05, 4.69) is 13.8 Å². The fourth-order valence-electron chi connectivity index (χ4n) is 1.73. The van der Waals surface area contributed by atoms with E-state index in [4.69, 9.17) is 5.73 Å². The molecule has 4 heteroatoms. The average Bonchev–Trinajstić information content (AvgIpc) is 2.39. The lowest BCUT2D eigenvalue weighted by molar-refractivity contribution is 0.405. The largest absolute Gasteiger partial charge is 0.393 e. The zero-order valence-electron chi connectivity index (χ0n) is 10.1. The third-order valence-corrected chi connectivity index (χ3v) is 2.75. The van der Waals surface area contributed by atoms with Crippen LogP contribution in [0.3, 0.4) is 0 Å². The van der Waals surface area contributed by atoms with Crippen LogP contribution in [-0.2, 0) is 13.1 Å². The minimum atomic E-state index is -0.0463. The molecule has 0 aliphatic heterocycles. The maximum absolute atomic E-state index is 11.8. The van der Waals surface area contributed by atoms with Crippen LogP contribution in [-0.4, -0.2) is 9.36 Å².